The predicted molar refractivity (Wildman–Crippen MR) is 157 cm³/mol. The Morgan fingerprint density at radius 3 is 2.42 bits per heavy atom. The lowest BCUT2D eigenvalue weighted by molar-refractivity contribution is -0.120. The van der Waals surface area contributed by atoms with Gasteiger partial charge in [-0.05, 0) is 37.7 Å². The number of aliphatic hydroxyl groups is 2. The van der Waals surface area contributed by atoms with E-state index in [1.165, 1.54) is 45.4 Å². The van der Waals surface area contributed by atoms with Gasteiger partial charge in [-0.25, -0.2) is 4.79 Å². The molecule has 0 spiro atoms. The molecule has 43 heavy (non-hydrogen) atoms. The second kappa shape index (κ2) is 15.2. The van der Waals surface area contributed by atoms with Crippen molar-refractivity contribution < 1.29 is 43.6 Å². The summed E-state index contributed by atoms with van der Waals surface area (Å²) in [5.74, 6) is -2.13. The quantitative estimate of drug-likeness (QED) is 0.266. The number of allylic oxidation sites excluding steroid dienone is 4. The van der Waals surface area contributed by atoms with Crippen LogP contribution in [0, 0.1) is 11.8 Å². The van der Waals surface area contributed by atoms with Crippen molar-refractivity contribution >= 4 is 23.6 Å². The molecule has 0 aromatic rings. The molecule has 2 bridgehead atoms. The smallest absolute Gasteiger partial charge is 0.405 e. The molecule has 2 amide bonds. The molecule has 3 rings (SSSR count). The van der Waals surface area contributed by atoms with Crippen LogP contribution in [0.15, 0.2) is 58.5 Å². The minimum absolute atomic E-state index is 0.102. The maximum Gasteiger partial charge on any atom is 0.405 e. The number of nitrogens with zero attached hydrogens (tertiary/aromatic N) is 1. The number of rotatable bonds is 5. The first-order chi connectivity index (χ1) is 20.4. The molecule has 1 aliphatic carbocycles. The van der Waals surface area contributed by atoms with E-state index in [0.29, 0.717) is 30.8 Å². The summed E-state index contributed by atoms with van der Waals surface area (Å²) in [6.45, 7) is 5.97. The number of hydrogen-bond donors (Lipinski definition) is 4. The van der Waals surface area contributed by atoms with Crippen LogP contribution in [0.2, 0.25) is 0 Å². The average molecular weight is 602 g/mol. The Morgan fingerprint density at radius 1 is 1.16 bits per heavy atom. The predicted octanol–water partition coefficient (Wildman–Crippen LogP) is 1.44. The van der Waals surface area contributed by atoms with E-state index in [4.69, 9.17) is 19.9 Å². The molecule has 12 nitrogen and oxygen atoms in total. The number of methoxy groups -OCH3 is 2. The number of ether oxygens (including phenoxy) is 3. The van der Waals surface area contributed by atoms with Gasteiger partial charge in [-0.3, -0.25) is 14.4 Å². The van der Waals surface area contributed by atoms with Gasteiger partial charge in [0, 0.05) is 50.4 Å². The summed E-state index contributed by atoms with van der Waals surface area (Å²) >= 11 is 0. The molecule has 6 atom stereocenters. The van der Waals surface area contributed by atoms with E-state index in [2.05, 4.69) is 5.32 Å². The third kappa shape index (κ3) is 8.29. The van der Waals surface area contributed by atoms with Crippen LogP contribution in [0.3, 0.4) is 0 Å². The van der Waals surface area contributed by atoms with Crippen LogP contribution in [-0.4, -0.2) is 97.0 Å². The van der Waals surface area contributed by atoms with Crippen LogP contribution in [0.4, 0.5) is 4.79 Å². The molecule has 1 fully saturated rings. The van der Waals surface area contributed by atoms with Gasteiger partial charge in [0.05, 0.1) is 30.2 Å². The standard InChI is InChI=1S/C31H43N3O9/c1-17-12-21-26(34-10-7-11-34)23(36)15-22(28(21)38)33-30(39)18(2)8-6-9-24(41-4)29(43-31(32)40)20(16-35)14-19(3)27(37)25(13-17)42-5/h6,8-9,14-15,17,19,24-25,27,29,35,37H,7,10-13,16H2,1-5H3,(H2,32,40)(H,33,39)/b9-6+,18-8-,20-14+. The van der Waals surface area contributed by atoms with Crippen LogP contribution >= 0.6 is 0 Å². The van der Waals surface area contributed by atoms with E-state index in [0.717, 1.165) is 6.42 Å². The molecule has 236 valence electrons. The summed E-state index contributed by atoms with van der Waals surface area (Å²) < 4.78 is 16.5. The van der Waals surface area contributed by atoms with Gasteiger partial charge in [0.1, 0.15) is 6.10 Å². The van der Waals surface area contributed by atoms with Crippen molar-refractivity contribution in [1.29, 1.82) is 0 Å². The first-order valence-electron chi connectivity index (χ1n) is 14.4. The van der Waals surface area contributed by atoms with Crippen LogP contribution in [-0.2, 0) is 28.6 Å². The number of likely N-dealkylation sites (tertiary alicyclic amines) is 1. The molecule has 0 aromatic carbocycles. The van der Waals surface area contributed by atoms with E-state index >= 15 is 0 Å². The van der Waals surface area contributed by atoms with E-state index in [1.54, 1.807) is 13.0 Å². The normalized spacial score (nSPS) is 33.0. The van der Waals surface area contributed by atoms with Crippen molar-refractivity contribution in [3.63, 3.8) is 0 Å². The van der Waals surface area contributed by atoms with E-state index in [1.807, 2.05) is 11.8 Å². The average Bonchev–Trinajstić information content (AvgIpc) is 2.93. The highest BCUT2D eigenvalue weighted by Gasteiger charge is 2.36. The molecule has 6 unspecified atom stereocenters. The molecule has 5 N–H and O–H groups in total. The zero-order valence-corrected chi connectivity index (χ0v) is 25.4. The molecule has 0 aromatic heterocycles. The highest BCUT2D eigenvalue weighted by molar-refractivity contribution is 6.23. The number of carbonyl (C=O) groups excluding carboxylic acids is 4. The van der Waals surface area contributed by atoms with E-state index in [9.17, 15) is 29.4 Å². The monoisotopic (exact) mass is 601 g/mol. The van der Waals surface area contributed by atoms with Crippen LogP contribution in [0.5, 0.6) is 0 Å². The largest absolute Gasteiger partial charge is 0.439 e. The number of ketones is 2. The number of Topliss-reactive ketones (excluding diaryl/α,β-unsaturated/α-hetero) is 1. The van der Waals surface area contributed by atoms with Crippen LogP contribution in [0.25, 0.3) is 0 Å². The van der Waals surface area contributed by atoms with Gasteiger partial charge in [-0.1, -0.05) is 38.2 Å². The highest BCUT2D eigenvalue weighted by Crippen LogP contribution is 2.32. The maximum absolute atomic E-state index is 13.7. The van der Waals surface area contributed by atoms with Crippen molar-refractivity contribution in [2.24, 2.45) is 17.6 Å². The number of carbonyl (C=O) groups is 4. The second-order valence-corrected chi connectivity index (χ2v) is 11.2. The van der Waals surface area contributed by atoms with E-state index in [-0.39, 0.29) is 35.0 Å². The fourth-order valence-corrected chi connectivity index (χ4v) is 5.46. The number of hydrogen-bond acceptors (Lipinski definition) is 10. The Hall–Kier alpha value is -3.58. The zero-order valence-electron chi connectivity index (χ0n) is 25.4. The lowest BCUT2D eigenvalue weighted by atomic mass is 9.84. The summed E-state index contributed by atoms with van der Waals surface area (Å²) in [6, 6.07) is 0. The van der Waals surface area contributed by atoms with Gasteiger partial charge in [0.2, 0.25) is 11.6 Å². The molecule has 1 saturated heterocycles. The Labute approximate surface area is 251 Å². The molecular formula is C31H43N3O9. The topological polar surface area (TPSA) is 178 Å². The van der Waals surface area contributed by atoms with Gasteiger partial charge in [0.25, 0.3) is 5.91 Å². The Balaban J connectivity index is 2.09. The molecule has 0 saturated carbocycles. The van der Waals surface area contributed by atoms with Gasteiger partial charge < -0.3 is 40.4 Å². The first-order valence-corrected chi connectivity index (χ1v) is 14.4. The van der Waals surface area contributed by atoms with E-state index < -0.39 is 54.7 Å². The third-order valence-corrected chi connectivity index (χ3v) is 7.99. The molecule has 12 heteroatoms. The lowest BCUT2D eigenvalue weighted by Crippen LogP contribution is -2.43. The summed E-state index contributed by atoms with van der Waals surface area (Å²) in [5, 5.41) is 24.1. The molecule has 0 radical (unpaired) electrons. The van der Waals surface area contributed by atoms with Crippen molar-refractivity contribution in [1.82, 2.24) is 10.2 Å². The van der Waals surface area contributed by atoms with Gasteiger partial charge in [-0.15, -0.1) is 0 Å². The summed E-state index contributed by atoms with van der Waals surface area (Å²) in [7, 11) is 2.84. The van der Waals surface area contributed by atoms with Crippen LogP contribution < -0.4 is 11.1 Å². The number of amides is 2. The minimum Gasteiger partial charge on any atom is -0.439 e. The molecule has 3 aliphatic rings. The van der Waals surface area contributed by atoms with Crippen molar-refractivity contribution in [3.05, 3.63) is 58.5 Å². The minimum atomic E-state index is -1.14. The van der Waals surface area contributed by atoms with Crippen molar-refractivity contribution in [2.45, 2.75) is 64.4 Å². The van der Waals surface area contributed by atoms with Gasteiger partial charge in [0.15, 0.2) is 6.10 Å². The highest BCUT2D eigenvalue weighted by atomic mass is 16.6. The molecule has 2 heterocycles. The van der Waals surface area contributed by atoms with Crippen LogP contribution in [0.1, 0.15) is 40.0 Å². The number of fused-ring (bicyclic) bond motifs is 2. The van der Waals surface area contributed by atoms with Crippen molar-refractivity contribution in [2.75, 3.05) is 33.9 Å². The zero-order chi connectivity index (χ0) is 31.8. The maximum atomic E-state index is 13.7. The Bertz CT molecular complexity index is 1240. The Morgan fingerprint density at radius 2 is 1.86 bits per heavy atom. The molecular weight excluding hydrogens is 558 g/mol. The molecule has 2 aliphatic heterocycles. The fraction of sp³-hybridized carbons (Fsp3) is 0.548. The number of nitrogens with one attached hydrogen (secondary N) is 1. The van der Waals surface area contributed by atoms with Gasteiger partial charge >= 0.3 is 6.09 Å². The number of aliphatic hydroxyl groups excluding tert-OH is 2. The van der Waals surface area contributed by atoms with Gasteiger partial charge in [-0.2, -0.15) is 0 Å². The third-order valence-electron chi connectivity index (χ3n) is 7.99. The lowest BCUT2D eigenvalue weighted by Gasteiger charge is -2.37. The summed E-state index contributed by atoms with van der Waals surface area (Å²) in [4.78, 5) is 53.6. The summed E-state index contributed by atoms with van der Waals surface area (Å²) in [6.07, 6.45) is 3.83. The second-order valence-electron chi connectivity index (χ2n) is 11.2. The SMILES string of the molecule is COC1/C=C/C=C(/C)C(=O)NC2=CC(=O)C(N3CCC3)=C(CC(C)CC(OC)C(O)C(C)/C=C(\CO)C1OC(N)=O)C2=O. The Kier molecular flexibility index (Phi) is 12.0. The number of nitrogens with two attached hydrogens (primary N) is 1. The fourth-order valence-electron chi connectivity index (χ4n) is 5.46. The van der Waals surface area contributed by atoms with Crippen molar-refractivity contribution in [3.8, 4) is 0 Å². The number of primary amides is 1. The summed E-state index contributed by atoms with van der Waals surface area (Å²) in [5.41, 5.74) is 6.37. The first kappa shape index (κ1) is 33.9.